The summed E-state index contributed by atoms with van der Waals surface area (Å²) < 4.78 is 46.0. The third-order valence-corrected chi connectivity index (χ3v) is 6.36. The normalized spacial score (nSPS) is 19.1. The van der Waals surface area contributed by atoms with Gasteiger partial charge in [-0.3, -0.25) is 9.21 Å². The molecule has 0 aliphatic carbocycles. The highest BCUT2D eigenvalue weighted by Gasteiger charge is 2.34. The fourth-order valence-electron chi connectivity index (χ4n) is 2.96. The summed E-state index contributed by atoms with van der Waals surface area (Å²) in [6.07, 6.45) is 0. The number of halogens is 1. The average Bonchev–Trinajstić information content (AvgIpc) is 3.37. The van der Waals surface area contributed by atoms with E-state index in [1.807, 2.05) is 0 Å². The second-order valence-electron chi connectivity index (χ2n) is 7.21. The highest BCUT2D eigenvalue weighted by molar-refractivity contribution is 7.92. The van der Waals surface area contributed by atoms with Gasteiger partial charge in [-0.25, -0.2) is 12.8 Å². The Balaban J connectivity index is 1.62. The lowest BCUT2D eigenvalue weighted by Crippen LogP contribution is -2.27. The summed E-state index contributed by atoms with van der Waals surface area (Å²) in [5, 5.41) is 0. The molecule has 27 heavy (non-hydrogen) atoms. The molecule has 0 aromatic heterocycles. The van der Waals surface area contributed by atoms with Gasteiger partial charge in [0.25, 0.3) is 10.0 Å². The Kier molecular flexibility index (Phi) is 5.72. The summed E-state index contributed by atoms with van der Waals surface area (Å²) in [5.41, 5.74) is 0.443. The van der Waals surface area contributed by atoms with Crippen LogP contribution in [0.2, 0.25) is 0 Å². The predicted molar refractivity (Wildman–Crippen MR) is 104 cm³/mol. The van der Waals surface area contributed by atoms with E-state index in [-0.39, 0.29) is 4.90 Å². The first kappa shape index (κ1) is 19.6. The maximum absolute atomic E-state index is 13.9. The van der Waals surface area contributed by atoms with Gasteiger partial charge in [0.1, 0.15) is 23.1 Å². The third kappa shape index (κ3) is 4.59. The van der Waals surface area contributed by atoms with Crippen LogP contribution in [-0.4, -0.2) is 46.1 Å². The minimum absolute atomic E-state index is 0.341. The van der Waals surface area contributed by atoms with Gasteiger partial charge in [-0.05, 0) is 42.3 Å². The fraction of sp³-hybridized carbons (Fsp3) is 0.400. The second-order valence-corrected chi connectivity index (χ2v) is 9.15. The van der Waals surface area contributed by atoms with Gasteiger partial charge < -0.3 is 4.74 Å². The molecule has 2 atom stereocenters. The molecule has 1 fully saturated rings. The second kappa shape index (κ2) is 7.86. The molecule has 0 bridgehead atoms. The maximum Gasteiger partial charge on any atom is 0.266 e. The summed E-state index contributed by atoms with van der Waals surface area (Å²) >= 11 is 0. The zero-order valence-electron chi connectivity index (χ0n) is 15.8. The SMILES string of the molecule is CC(C)CN1CC1COc1ccc(N(C)S(=O)(=O)c2ccccc2F)cc1. The van der Waals surface area contributed by atoms with Gasteiger partial charge >= 0.3 is 0 Å². The van der Waals surface area contributed by atoms with Gasteiger partial charge in [0.15, 0.2) is 0 Å². The van der Waals surface area contributed by atoms with E-state index in [1.54, 1.807) is 24.3 Å². The minimum Gasteiger partial charge on any atom is -0.492 e. The Hall–Kier alpha value is -2.12. The molecule has 3 rings (SSSR count). The Bertz CT molecular complexity index is 884. The predicted octanol–water partition coefficient (Wildman–Crippen LogP) is 3.37. The molecule has 1 saturated heterocycles. The number of nitrogens with zero attached hydrogens (tertiary/aromatic N) is 2. The minimum atomic E-state index is -3.96. The first-order chi connectivity index (χ1) is 12.8. The van der Waals surface area contributed by atoms with E-state index in [4.69, 9.17) is 4.74 Å². The quantitative estimate of drug-likeness (QED) is 0.647. The molecule has 0 spiro atoms. The molecule has 0 N–H and O–H groups in total. The van der Waals surface area contributed by atoms with Crippen LogP contribution in [0.3, 0.4) is 0 Å². The van der Waals surface area contributed by atoms with E-state index < -0.39 is 15.8 Å². The molecule has 5 nitrogen and oxygen atoms in total. The Labute approximate surface area is 160 Å². The van der Waals surface area contributed by atoms with Gasteiger partial charge in [0.2, 0.25) is 0 Å². The van der Waals surface area contributed by atoms with Crippen molar-refractivity contribution in [3.05, 3.63) is 54.3 Å². The van der Waals surface area contributed by atoms with E-state index in [2.05, 4.69) is 18.7 Å². The van der Waals surface area contributed by atoms with Crippen molar-refractivity contribution in [2.24, 2.45) is 5.92 Å². The van der Waals surface area contributed by atoms with E-state index in [0.29, 0.717) is 30.0 Å². The molecule has 0 saturated carbocycles. The molecule has 2 aromatic rings. The Morgan fingerprint density at radius 2 is 1.85 bits per heavy atom. The van der Waals surface area contributed by atoms with Crippen LogP contribution in [0.5, 0.6) is 5.75 Å². The number of ether oxygens (including phenoxy) is 1. The average molecular weight is 392 g/mol. The standard InChI is InChI=1S/C20H25FN2O3S/c1-15(2)12-23-13-17(23)14-26-18-10-8-16(9-11-18)22(3)27(24,25)20-7-5-4-6-19(20)21/h4-11,15,17H,12-14H2,1-3H3. The number of hydrogen-bond acceptors (Lipinski definition) is 4. The largest absolute Gasteiger partial charge is 0.492 e. The van der Waals surface area contributed by atoms with Crippen LogP contribution in [-0.2, 0) is 10.0 Å². The number of anilines is 1. The van der Waals surface area contributed by atoms with E-state index >= 15 is 0 Å². The summed E-state index contributed by atoms with van der Waals surface area (Å²) in [6, 6.07) is 12.6. The summed E-state index contributed by atoms with van der Waals surface area (Å²) in [5.74, 6) is 0.563. The van der Waals surface area contributed by atoms with Crippen molar-refractivity contribution in [2.75, 3.05) is 31.0 Å². The number of benzene rings is 2. The molecule has 146 valence electrons. The summed E-state index contributed by atoms with van der Waals surface area (Å²) in [4.78, 5) is 2.03. The van der Waals surface area contributed by atoms with Crippen molar-refractivity contribution in [3.63, 3.8) is 0 Å². The Morgan fingerprint density at radius 3 is 2.48 bits per heavy atom. The highest BCUT2D eigenvalue weighted by atomic mass is 32.2. The van der Waals surface area contributed by atoms with E-state index in [9.17, 15) is 12.8 Å². The van der Waals surface area contributed by atoms with E-state index in [1.165, 1.54) is 25.2 Å². The van der Waals surface area contributed by atoms with Crippen molar-refractivity contribution >= 4 is 15.7 Å². The summed E-state index contributed by atoms with van der Waals surface area (Å²) in [7, 11) is -2.55. The van der Waals surface area contributed by atoms with Crippen LogP contribution in [0.4, 0.5) is 10.1 Å². The van der Waals surface area contributed by atoms with Gasteiger partial charge in [-0.15, -0.1) is 0 Å². The Morgan fingerprint density at radius 1 is 1.19 bits per heavy atom. The monoisotopic (exact) mass is 392 g/mol. The van der Waals surface area contributed by atoms with Crippen LogP contribution < -0.4 is 9.04 Å². The van der Waals surface area contributed by atoms with Crippen molar-refractivity contribution in [3.8, 4) is 5.75 Å². The smallest absolute Gasteiger partial charge is 0.266 e. The molecule has 7 heteroatoms. The van der Waals surface area contributed by atoms with Crippen LogP contribution in [0.25, 0.3) is 0 Å². The lowest BCUT2D eigenvalue weighted by atomic mass is 10.2. The van der Waals surface area contributed by atoms with Gasteiger partial charge in [0, 0.05) is 20.1 Å². The number of rotatable bonds is 8. The van der Waals surface area contributed by atoms with Crippen molar-refractivity contribution in [1.29, 1.82) is 0 Å². The molecule has 2 aromatic carbocycles. The third-order valence-electron chi connectivity index (χ3n) is 4.55. The molecular formula is C20H25FN2O3S. The van der Waals surface area contributed by atoms with Crippen LogP contribution in [0, 0.1) is 11.7 Å². The zero-order valence-corrected chi connectivity index (χ0v) is 16.6. The van der Waals surface area contributed by atoms with E-state index in [0.717, 1.165) is 23.5 Å². The highest BCUT2D eigenvalue weighted by Crippen LogP contribution is 2.26. The van der Waals surface area contributed by atoms with Crippen molar-refractivity contribution in [2.45, 2.75) is 24.8 Å². The number of sulfonamides is 1. The number of hydrogen-bond donors (Lipinski definition) is 0. The van der Waals surface area contributed by atoms with Crippen LogP contribution in [0.15, 0.2) is 53.4 Å². The van der Waals surface area contributed by atoms with Gasteiger partial charge in [-0.1, -0.05) is 26.0 Å². The first-order valence-electron chi connectivity index (χ1n) is 8.99. The van der Waals surface area contributed by atoms with Crippen molar-refractivity contribution < 1.29 is 17.5 Å². The molecule has 1 heterocycles. The van der Waals surface area contributed by atoms with Crippen LogP contribution in [0.1, 0.15) is 13.8 Å². The molecule has 0 radical (unpaired) electrons. The molecule has 1 aliphatic heterocycles. The van der Waals surface area contributed by atoms with Crippen molar-refractivity contribution in [1.82, 2.24) is 4.90 Å². The lowest BCUT2D eigenvalue weighted by molar-refractivity contribution is 0.287. The van der Waals surface area contributed by atoms with Crippen LogP contribution >= 0.6 is 0 Å². The lowest BCUT2D eigenvalue weighted by Gasteiger charge is -2.20. The molecular weight excluding hydrogens is 367 g/mol. The van der Waals surface area contributed by atoms with Gasteiger partial charge in [0.05, 0.1) is 11.7 Å². The maximum atomic E-state index is 13.9. The molecule has 0 amide bonds. The summed E-state index contributed by atoms with van der Waals surface area (Å²) in [6.45, 7) is 7.14. The molecule has 2 unspecified atom stereocenters. The molecule has 1 aliphatic rings. The first-order valence-corrected chi connectivity index (χ1v) is 10.4. The van der Waals surface area contributed by atoms with Gasteiger partial charge in [-0.2, -0.15) is 0 Å². The topological polar surface area (TPSA) is 49.6 Å². The zero-order chi connectivity index (χ0) is 19.6. The fourth-order valence-corrected chi connectivity index (χ4v) is 4.22.